The average molecular weight is 447 g/mol. The molecule has 32 heavy (non-hydrogen) atoms. The van der Waals surface area contributed by atoms with E-state index in [1.54, 1.807) is 23.3 Å². The first kappa shape index (κ1) is 21.3. The summed E-state index contributed by atoms with van der Waals surface area (Å²) in [4.78, 5) is 24.5. The summed E-state index contributed by atoms with van der Waals surface area (Å²) in [5, 5.41) is 9.07. The van der Waals surface area contributed by atoms with Crippen molar-refractivity contribution in [3.8, 4) is 11.3 Å². The van der Waals surface area contributed by atoms with Crippen LogP contribution in [0.5, 0.6) is 0 Å². The first-order valence-electron chi connectivity index (χ1n) is 9.78. The molecule has 0 saturated carbocycles. The molecule has 9 heteroatoms. The van der Waals surface area contributed by atoms with E-state index in [9.17, 15) is 9.18 Å². The smallest absolute Gasteiger partial charge is 0.272 e. The van der Waals surface area contributed by atoms with E-state index in [-0.39, 0.29) is 18.1 Å². The third-order valence-corrected chi connectivity index (χ3v) is 5.91. The molecule has 7 nitrogen and oxygen atoms in total. The van der Waals surface area contributed by atoms with Crippen molar-refractivity contribution in [1.82, 2.24) is 25.1 Å². The summed E-state index contributed by atoms with van der Waals surface area (Å²) in [7, 11) is 0. The van der Waals surface area contributed by atoms with Crippen molar-refractivity contribution in [3.63, 3.8) is 0 Å². The predicted octanol–water partition coefficient (Wildman–Crippen LogP) is 4.69. The van der Waals surface area contributed by atoms with Gasteiger partial charge in [-0.1, -0.05) is 12.6 Å². The van der Waals surface area contributed by atoms with E-state index in [1.165, 1.54) is 17.4 Å². The molecule has 0 aliphatic rings. The van der Waals surface area contributed by atoms with Crippen LogP contribution < -0.4 is 5.32 Å². The van der Waals surface area contributed by atoms with Crippen LogP contribution in [0.2, 0.25) is 0 Å². The topological polar surface area (TPSA) is 77.1 Å². The quantitative estimate of drug-likeness (QED) is 0.436. The average Bonchev–Trinajstić information content (AvgIpc) is 3.42. The van der Waals surface area contributed by atoms with Gasteiger partial charge in [-0.05, 0) is 54.1 Å². The fourth-order valence-corrected chi connectivity index (χ4v) is 4.03. The molecular weight excluding hydrogens is 427 g/mol. The van der Waals surface area contributed by atoms with Gasteiger partial charge in [0.05, 0.1) is 29.4 Å². The molecule has 4 heterocycles. The molecule has 0 aliphatic carbocycles. The van der Waals surface area contributed by atoms with E-state index >= 15 is 0 Å². The molecule has 0 saturated heterocycles. The molecule has 0 fully saturated rings. The zero-order valence-electron chi connectivity index (χ0n) is 17.5. The van der Waals surface area contributed by atoms with Gasteiger partial charge in [0.25, 0.3) is 11.7 Å². The summed E-state index contributed by atoms with van der Waals surface area (Å²) < 4.78 is 16.2. The third kappa shape index (κ3) is 4.55. The minimum atomic E-state index is -0.479. The lowest BCUT2D eigenvalue weighted by Gasteiger charge is -2.07. The normalized spacial score (nSPS) is 10.7. The first-order chi connectivity index (χ1) is 15.4. The molecule has 0 radical (unpaired) electrons. The van der Waals surface area contributed by atoms with Crippen molar-refractivity contribution in [2.75, 3.05) is 0 Å². The highest BCUT2D eigenvalue weighted by atomic mass is 32.1. The second-order valence-corrected chi connectivity index (χ2v) is 8.18. The standard InChI is InChI=1S/C23H19FN6OS/c1-14-5-7-32-21(14)23(31)28-12-20-18(24)9-16(10-26-20)13-30-6-4-19(29-30)17-8-15(2)22(25-3)27-11-17/h4-11H,12-13H2,1-2H3,(H,28,31). The van der Waals surface area contributed by atoms with E-state index < -0.39 is 5.82 Å². The van der Waals surface area contributed by atoms with Gasteiger partial charge < -0.3 is 10.2 Å². The van der Waals surface area contributed by atoms with Crippen LogP contribution in [0.3, 0.4) is 0 Å². The number of rotatable bonds is 6. The molecule has 4 rings (SSSR count). The maximum atomic E-state index is 14.5. The molecule has 0 atom stereocenters. The van der Waals surface area contributed by atoms with Crippen LogP contribution in [-0.2, 0) is 13.1 Å². The number of halogens is 1. The van der Waals surface area contributed by atoms with Crippen molar-refractivity contribution in [2.24, 2.45) is 0 Å². The Morgan fingerprint density at radius 1 is 1.22 bits per heavy atom. The van der Waals surface area contributed by atoms with Gasteiger partial charge in [-0.15, -0.1) is 16.3 Å². The molecule has 4 aromatic rings. The summed E-state index contributed by atoms with van der Waals surface area (Å²) in [5.41, 5.74) is 4.04. The van der Waals surface area contributed by atoms with Gasteiger partial charge in [-0.25, -0.2) is 4.39 Å². The number of nitrogens with zero attached hydrogens (tertiary/aromatic N) is 5. The van der Waals surface area contributed by atoms with Gasteiger partial charge in [-0.3, -0.25) is 14.5 Å². The number of thiophene rings is 1. The number of aromatic nitrogens is 4. The van der Waals surface area contributed by atoms with E-state index in [1.807, 2.05) is 37.4 Å². The Hall–Kier alpha value is -3.90. The molecule has 0 spiro atoms. The Kier molecular flexibility index (Phi) is 6.05. The van der Waals surface area contributed by atoms with Gasteiger partial charge >= 0.3 is 0 Å². The number of hydrogen-bond donors (Lipinski definition) is 1. The van der Waals surface area contributed by atoms with Gasteiger partial charge in [0, 0.05) is 18.0 Å². The monoisotopic (exact) mass is 446 g/mol. The second-order valence-electron chi connectivity index (χ2n) is 7.26. The van der Waals surface area contributed by atoms with Gasteiger partial charge in [0.1, 0.15) is 12.0 Å². The lowest BCUT2D eigenvalue weighted by Crippen LogP contribution is -2.23. The number of amides is 1. The highest BCUT2D eigenvalue weighted by Crippen LogP contribution is 2.23. The lowest BCUT2D eigenvalue weighted by molar-refractivity contribution is 0.0953. The zero-order valence-corrected chi connectivity index (χ0v) is 18.3. The summed E-state index contributed by atoms with van der Waals surface area (Å²) in [6.45, 7) is 11.2. The van der Waals surface area contributed by atoms with Crippen LogP contribution in [0, 0.1) is 26.2 Å². The minimum absolute atomic E-state index is 0.0150. The van der Waals surface area contributed by atoms with Crippen LogP contribution in [0.1, 0.15) is 32.1 Å². The number of pyridine rings is 2. The molecule has 0 aliphatic heterocycles. The highest BCUT2D eigenvalue weighted by molar-refractivity contribution is 7.12. The Labute approximate surface area is 188 Å². The van der Waals surface area contributed by atoms with Gasteiger partial charge in [0.15, 0.2) is 0 Å². The number of carbonyl (C=O) groups excluding carboxylic acids is 1. The maximum Gasteiger partial charge on any atom is 0.272 e. The fourth-order valence-electron chi connectivity index (χ4n) is 3.19. The van der Waals surface area contributed by atoms with Gasteiger partial charge in [0.2, 0.25) is 0 Å². The highest BCUT2D eigenvalue weighted by Gasteiger charge is 2.13. The number of aryl methyl sites for hydroxylation is 2. The second kappa shape index (κ2) is 9.08. The van der Waals surface area contributed by atoms with Crippen LogP contribution in [0.4, 0.5) is 10.2 Å². The molecule has 1 N–H and O–H groups in total. The lowest BCUT2D eigenvalue weighted by atomic mass is 10.1. The summed E-state index contributed by atoms with van der Waals surface area (Å²) >= 11 is 1.35. The van der Waals surface area contributed by atoms with Crippen LogP contribution >= 0.6 is 11.3 Å². The predicted molar refractivity (Wildman–Crippen MR) is 120 cm³/mol. The Bertz CT molecular complexity index is 1340. The molecular formula is C23H19FN6OS. The maximum absolute atomic E-state index is 14.5. The fraction of sp³-hybridized carbons (Fsp3) is 0.174. The van der Waals surface area contributed by atoms with Crippen molar-refractivity contribution in [1.29, 1.82) is 0 Å². The molecule has 0 aromatic carbocycles. The van der Waals surface area contributed by atoms with Gasteiger partial charge in [-0.2, -0.15) is 5.10 Å². The molecule has 0 bridgehead atoms. The molecule has 1 amide bonds. The largest absolute Gasteiger partial charge is 0.360 e. The molecule has 0 unspecified atom stereocenters. The number of carbonyl (C=O) groups is 1. The number of hydrogen-bond acceptors (Lipinski definition) is 5. The van der Waals surface area contributed by atoms with Crippen LogP contribution in [0.25, 0.3) is 16.1 Å². The van der Waals surface area contributed by atoms with Crippen molar-refractivity contribution >= 4 is 23.1 Å². The Morgan fingerprint density at radius 2 is 2.06 bits per heavy atom. The summed E-state index contributed by atoms with van der Waals surface area (Å²) in [6.07, 6.45) is 5.00. The van der Waals surface area contributed by atoms with E-state index in [4.69, 9.17) is 6.57 Å². The van der Waals surface area contributed by atoms with Crippen molar-refractivity contribution in [2.45, 2.75) is 26.9 Å². The SMILES string of the molecule is [C-]#[N+]c1ncc(-c2ccn(Cc3cnc(CNC(=O)c4sccc4C)c(F)c3)n2)cc1C. The minimum Gasteiger partial charge on any atom is -0.360 e. The molecule has 4 aromatic heterocycles. The Balaban J connectivity index is 1.42. The first-order valence-corrected chi connectivity index (χ1v) is 10.7. The van der Waals surface area contributed by atoms with Crippen LogP contribution in [0.15, 0.2) is 48.2 Å². The summed E-state index contributed by atoms with van der Waals surface area (Å²) in [5.74, 6) is -0.342. The van der Waals surface area contributed by atoms with Crippen molar-refractivity contribution in [3.05, 3.63) is 92.7 Å². The molecule has 160 valence electrons. The summed E-state index contributed by atoms with van der Waals surface area (Å²) in [6, 6.07) is 6.99. The van der Waals surface area contributed by atoms with E-state index in [0.717, 1.165) is 16.7 Å². The third-order valence-electron chi connectivity index (χ3n) is 4.90. The number of nitrogens with one attached hydrogen (secondary N) is 1. The zero-order chi connectivity index (χ0) is 22.7. The Morgan fingerprint density at radius 3 is 2.75 bits per heavy atom. The van der Waals surface area contributed by atoms with E-state index in [0.29, 0.717) is 28.5 Å². The van der Waals surface area contributed by atoms with Crippen molar-refractivity contribution < 1.29 is 9.18 Å². The van der Waals surface area contributed by atoms with Crippen LogP contribution in [-0.4, -0.2) is 25.7 Å². The van der Waals surface area contributed by atoms with E-state index in [2.05, 4.69) is 25.2 Å².